The number of ether oxygens (including phenoxy) is 1. The molecule has 2 aromatic carbocycles. The van der Waals surface area contributed by atoms with Crippen LogP contribution in [0.2, 0.25) is 0 Å². The Morgan fingerprint density at radius 3 is 2.14 bits per heavy atom. The van der Waals surface area contributed by atoms with E-state index in [1.54, 1.807) is 7.11 Å². The molecule has 0 radical (unpaired) electrons. The zero-order valence-electron chi connectivity index (χ0n) is 13.5. The van der Waals surface area contributed by atoms with E-state index >= 15 is 0 Å². The maximum Gasteiger partial charge on any atom is 0.0716 e. The SMILES string of the molecule is COCc1ccccc1CNCc1cc(C)c(C)cc1C. The predicted octanol–water partition coefficient (Wildman–Crippen LogP) is 4.05. The van der Waals surface area contributed by atoms with Crippen molar-refractivity contribution >= 4 is 0 Å². The molecule has 0 saturated heterocycles. The summed E-state index contributed by atoms with van der Waals surface area (Å²) >= 11 is 0. The highest BCUT2D eigenvalue weighted by Crippen LogP contribution is 2.16. The molecule has 0 amide bonds. The molecule has 0 bridgehead atoms. The first kappa shape index (κ1) is 15.7. The quantitative estimate of drug-likeness (QED) is 0.863. The van der Waals surface area contributed by atoms with E-state index in [4.69, 9.17) is 4.74 Å². The first-order chi connectivity index (χ1) is 10.1. The largest absolute Gasteiger partial charge is 0.380 e. The van der Waals surface area contributed by atoms with Gasteiger partial charge in [-0.15, -0.1) is 0 Å². The van der Waals surface area contributed by atoms with Crippen molar-refractivity contribution in [2.45, 2.75) is 40.5 Å². The van der Waals surface area contributed by atoms with Crippen LogP contribution < -0.4 is 5.32 Å². The van der Waals surface area contributed by atoms with Gasteiger partial charge in [0.2, 0.25) is 0 Å². The Labute approximate surface area is 128 Å². The Bertz CT molecular complexity index is 605. The Balaban J connectivity index is 2.00. The fourth-order valence-electron chi connectivity index (χ4n) is 2.57. The molecule has 2 nitrogen and oxygen atoms in total. The van der Waals surface area contributed by atoms with Crippen molar-refractivity contribution in [1.29, 1.82) is 0 Å². The van der Waals surface area contributed by atoms with Gasteiger partial charge in [-0.25, -0.2) is 0 Å². The molecule has 2 heteroatoms. The summed E-state index contributed by atoms with van der Waals surface area (Å²) < 4.78 is 5.25. The molecular weight excluding hydrogens is 258 g/mol. The van der Waals surface area contributed by atoms with Gasteiger partial charge in [-0.3, -0.25) is 0 Å². The number of rotatable bonds is 6. The number of hydrogen-bond donors (Lipinski definition) is 1. The minimum Gasteiger partial charge on any atom is -0.380 e. The van der Waals surface area contributed by atoms with Gasteiger partial charge in [-0.2, -0.15) is 0 Å². The molecule has 0 aliphatic heterocycles. The second-order valence-electron chi connectivity index (χ2n) is 5.67. The number of methoxy groups -OCH3 is 1. The molecule has 2 aromatic rings. The monoisotopic (exact) mass is 283 g/mol. The Kier molecular flexibility index (Phi) is 5.54. The predicted molar refractivity (Wildman–Crippen MR) is 88.4 cm³/mol. The lowest BCUT2D eigenvalue weighted by atomic mass is 10.0. The van der Waals surface area contributed by atoms with Crippen LogP contribution in [0, 0.1) is 20.8 Å². The minimum atomic E-state index is 0.667. The van der Waals surface area contributed by atoms with E-state index in [-0.39, 0.29) is 0 Å². The van der Waals surface area contributed by atoms with Gasteiger partial charge in [0.05, 0.1) is 6.61 Å². The zero-order valence-corrected chi connectivity index (χ0v) is 13.5. The maximum absolute atomic E-state index is 5.25. The van der Waals surface area contributed by atoms with E-state index in [0.29, 0.717) is 6.61 Å². The summed E-state index contributed by atoms with van der Waals surface area (Å²) in [5.74, 6) is 0. The average molecular weight is 283 g/mol. The van der Waals surface area contributed by atoms with E-state index in [0.717, 1.165) is 13.1 Å². The molecule has 0 saturated carbocycles. The fraction of sp³-hybridized carbons (Fsp3) is 0.368. The van der Waals surface area contributed by atoms with E-state index < -0.39 is 0 Å². The van der Waals surface area contributed by atoms with Crippen molar-refractivity contribution in [3.05, 3.63) is 69.8 Å². The highest BCUT2D eigenvalue weighted by molar-refractivity contribution is 5.36. The summed E-state index contributed by atoms with van der Waals surface area (Å²) in [5, 5.41) is 3.55. The van der Waals surface area contributed by atoms with Gasteiger partial charge < -0.3 is 10.1 Å². The third-order valence-corrected chi connectivity index (χ3v) is 4.00. The number of aryl methyl sites for hydroxylation is 3. The van der Waals surface area contributed by atoms with Crippen LogP contribution in [0.4, 0.5) is 0 Å². The highest BCUT2D eigenvalue weighted by atomic mass is 16.5. The van der Waals surface area contributed by atoms with Gasteiger partial charge in [0, 0.05) is 20.2 Å². The van der Waals surface area contributed by atoms with Crippen LogP contribution in [0.15, 0.2) is 36.4 Å². The van der Waals surface area contributed by atoms with E-state index in [1.165, 1.54) is 33.4 Å². The second kappa shape index (κ2) is 7.39. The molecule has 112 valence electrons. The van der Waals surface area contributed by atoms with Gasteiger partial charge in [0.25, 0.3) is 0 Å². The molecule has 0 atom stereocenters. The van der Waals surface area contributed by atoms with E-state index in [1.807, 2.05) is 0 Å². The van der Waals surface area contributed by atoms with Crippen molar-refractivity contribution in [1.82, 2.24) is 5.32 Å². The van der Waals surface area contributed by atoms with E-state index in [2.05, 4.69) is 62.5 Å². The Morgan fingerprint density at radius 1 is 0.810 bits per heavy atom. The Morgan fingerprint density at radius 2 is 1.43 bits per heavy atom. The van der Waals surface area contributed by atoms with Crippen LogP contribution in [-0.2, 0) is 24.4 Å². The normalized spacial score (nSPS) is 10.9. The first-order valence-electron chi connectivity index (χ1n) is 7.45. The molecular formula is C19H25NO. The summed E-state index contributed by atoms with van der Waals surface area (Å²) in [6.45, 7) is 8.95. The van der Waals surface area contributed by atoms with Crippen molar-refractivity contribution in [2.24, 2.45) is 0 Å². The summed E-state index contributed by atoms with van der Waals surface area (Å²) in [6.07, 6.45) is 0. The van der Waals surface area contributed by atoms with Crippen LogP contribution in [-0.4, -0.2) is 7.11 Å². The Hall–Kier alpha value is -1.64. The average Bonchev–Trinajstić information content (AvgIpc) is 2.46. The van der Waals surface area contributed by atoms with Crippen LogP contribution in [0.1, 0.15) is 33.4 Å². The molecule has 0 heterocycles. The van der Waals surface area contributed by atoms with Crippen LogP contribution in [0.5, 0.6) is 0 Å². The molecule has 0 aromatic heterocycles. The zero-order chi connectivity index (χ0) is 15.2. The third kappa shape index (κ3) is 4.16. The van der Waals surface area contributed by atoms with E-state index in [9.17, 15) is 0 Å². The first-order valence-corrected chi connectivity index (χ1v) is 7.45. The highest BCUT2D eigenvalue weighted by Gasteiger charge is 2.04. The summed E-state index contributed by atoms with van der Waals surface area (Å²) in [4.78, 5) is 0. The van der Waals surface area contributed by atoms with Gasteiger partial charge in [0.15, 0.2) is 0 Å². The standard InChI is InChI=1S/C19H25NO/c1-14-9-16(3)19(10-15(14)2)12-20-11-17-7-5-6-8-18(17)13-21-4/h5-10,20H,11-13H2,1-4H3. The van der Waals surface area contributed by atoms with Crippen LogP contribution in [0.3, 0.4) is 0 Å². The topological polar surface area (TPSA) is 21.3 Å². The van der Waals surface area contributed by atoms with Crippen LogP contribution in [0.25, 0.3) is 0 Å². The number of hydrogen-bond acceptors (Lipinski definition) is 2. The molecule has 21 heavy (non-hydrogen) atoms. The lowest BCUT2D eigenvalue weighted by Crippen LogP contribution is -2.15. The molecule has 0 unspecified atom stereocenters. The molecule has 0 fully saturated rings. The van der Waals surface area contributed by atoms with Gasteiger partial charge in [-0.1, -0.05) is 36.4 Å². The molecule has 1 N–H and O–H groups in total. The summed E-state index contributed by atoms with van der Waals surface area (Å²) in [6, 6.07) is 13.0. The second-order valence-corrected chi connectivity index (χ2v) is 5.67. The number of nitrogens with one attached hydrogen (secondary N) is 1. The smallest absolute Gasteiger partial charge is 0.0716 e. The lowest BCUT2D eigenvalue weighted by Gasteiger charge is -2.13. The van der Waals surface area contributed by atoms with Gasteiger partial charge in [-0.05, 0) is 54.2 Å². The van der Waals surface area contributed by atoms with Gasteiger partial charge in [0.1, 0.15) is 0 Å². The molecule has 2 rings (SSSR count). The summed E-state index contributed by atoms with van der Waals surface area (Å²) in [5.41, 5.74) is 8.02. The van der Waals surface area contributed by atoms with Crippen molar-refractivity contribution < 1.29 is 4.74 Å². The minimum absolute atomic E-state index is 0.667. The molecule has 0 aliphatic carbocycles. The fourth-order valence-corrected chi connectivity index (χ4v) is 2.57. The summed E-state index contributed by atoms with van der Waals surface area (Å²) in [7, 11) is 1.74. The molecule has 0 spiro atoms. The van der Waals surface area contributed by atoms with Crippen LogP contribution >= 0.6 is 0 Å². The van der Waals surface area contributed by atoms with Crippen molar-refractivity contribution in [3.63, 3.8) is 0 Å². The lowest BCUT2D eigenvalue weighted by molar-refractivity contribution is 0.184. The van der Waals surface area contributed by atoms with Gasteiger partial charge >= 0.3 is 0 Å². The number of benzene rings is 2. The van der Waals surface area contributed by atoms with Crippen molar-refractivity contribution in [2.75, 3.05) is 7.11 Å². The molecule has 0 aliphatic rings. The third-order valence-electron chi connectivity index (χ3n) is 4.00. The maximum atomic E-state index is 5.25. The van der Waals surface area contributed by atoms with Crippen molar-refractivity contribution in [3.8, 4) is 0 Å².